The zero-order valence-corrected chi connectivity index (χ0v) is 16.2. The Balaban J connectivity index is 2.01. The van der Waals surface area contributed by atoms with E-state index in [9.17, 15) is 4.79 Å². The van der Waals surface area contributed by atoms with Crippen molar-refractivity contribution in [1.29, 1.82) is 0 Å². The summed E-state index contributed by atoms with van der Waals surface area (Å²) in [4.78, 5) is 11.9. The first-order valence-corrected chi connectivity index (χ1v) is 10.3. The van der Waals surface area contributed by atoms with Crippen LogP contribution < -0.4 is 0 Å². The van der Waals surface area contributed by atoms with E-state index >= 15 is 0 Å². The first kappa shape index (κ1) is 19.5. The van der Waals surface area contributed by atoms with Crippen LogP contribution in [0.3, 0.4) is 0 Å². The number of unbranched alkanes of at least 4 members (excludes halogenated alkanes) is 3. The molecule has 2 nitrogen and oxygen atoms in total. The molecule has 0 heterocycles. The second kappa shape index (κ2) is 9.06. The van der Waals surface area contributed by atoms with Gasteiger partial charge in [-0.1, -0.05) is 65.9 Å². The average Bonchev–Trinajstić information content (AvgIpc) is 2.54. The SMILES string of the molecule is C=CC(=O)OC(C(C)CCCCCC)C1CC2CCCC(C)(C2)C1. The Hall–Kier alpha value is -0.790. The molecule has 0 aliphatic heterocycles. The Labute approximate surface area is 149 Å². The van der Waals surface area contributed by atoms with Crippen molar-refractivity contribution in [2.24, 2.45) is 23.2 Å². The summed E-state index contributed by atoms with van der Waals surface area (Å²) in [7, 11) is 0. The molecule has 0 N–H and O–H groups in total. The van der Waals surface area contributed by atoms with Gasteiger partial charge >= 0.3 is 5.97 Å². The molecule has 0 aromatic heterocycles. The molecule has 0 amide bonds. The van der Waals surface area contributed by atoms with Crippen molar-refractivity contribution < 1.29 is 9.53 Å². The van der Waals surface area contributed by atoms with Crippen molar-refractivity contribution in [3.8, 4) is 0 Å². The van der Waals surface area contributed by atoms with Crippen LogP contribution in [0.2, 0.25) is 0 Å². The number of esters is 1. The van der Waals surface area contributed by atoms with Gasteiger partial charge in [-0.05, 0) is 55.3 Å². The van der Waals surface area contributed by atoms with Crippen LogP contribution in [-0.4, -0.2) is 12.1 Å². The number of hydrogen-bond donors (Lipinski definition) is 0. The molecule has 2 heteroatoms. The fourth-order valence-electron chi connectivity index (χ4n) is 5.42. The van der Waals surface area contributed by atoms with Crippen molar-refractivity contribution >= 4 is 5.97 Å². The topological polar surface area (TPSA) is 26.3 Å². The summed E-state index contributed by atoms with van der Waals surface area (Å²) < 4.78 is 5.91. The largest absolute Gasteiger partial charge is 0.459 e. The molecule has 0 spiro atoms. The molecule has 5 atom stereocenters. The predicted molar refractivity (Wildman–Crippen MR) is 101 cm³/mol. The van der Waals surface area contributed by atoms with Crippen LogP contribution in [-0.2, 0) is 9.53 Å². The number of carbonyl (C=O) groups excluding carboxylic acids is 1. The molecular weight excluding hydrogens is 296 g/mol. The van der Waals surface area contributed by atoms with Gasteiger partial charge in [0.2, 0.25) is 0 Å². The van der Waals surface area contributed by atoms with E-state index in [1.165, 1.54) is 76.7 Å². The number of rotatable bonds is 9. The molecule has 0 aromatic rings. The van der Waals surface area contributed by atoms with E-state index in [0.29, 0.717) is 17.3 Å². The first-order valence-electron chi connectivity index (χ1n) is 10.3. The fraction of sp³-hybridized carbons (Fsp3) is 0.864. The molecule has 2 fully saturated rings. The van der Waals surface area contributed by atoms with Crippen LogP contribution in [0.1, 0.15) is 91.4 Å². The van der Waals surface area contributed by atoms with E-state index < -0.39 is 0 Å². The van der Waals surface area contributed by atoms with E-state index in [4.69, 9.17) is 4.74 Å². The average molecular weight is 335 g/mol. The first-order chi connectivity index (χ1) is 11.5. The predicted octanol–water partition coefficient (Wildman–Crippen LogP) is 6.30. The van der Waals surface area contributed by atoms with Crippen LogP contribution in [0.5, 0.6) is 0 Å². The fourth-order valence-corrected chi connectivity index (χ4v) is 5.42. The van der Waals surface area contributed by atoms with Crippen molar-refractivity contribution in [1.82, 2.24) is 0 Å². The zero-order chi connectivity index (χ0) is 17.6. The molecule has 2 aliphatic carbocycles. The van der Waals surface area contributed by atoms with Crippen molar-refractivity contribution in [3.63, 3.8) is 0 Å². The minimum atomic E-state index is -0.235. The Morgan fingerprint density at radius 3 is 2.79 bits per heavy atom. The van der Waals surface area contributed by atoms with Gasteiger partial charge < -0.3 is 4.74 Å². The molecule has 0 saturated heterocycles. The van der Waals surface area contributed by atoms with E-state index in [0.717, 1.165) is 5.92 Å². The minimum absolute atomic E-state index is 0.0809. The van der Waals surface area contributed by atoms with E-state index in [2.05, 4.69) is 27.4 Å². The van der Waals surface area contributed by atoms with Crippen LogP contribution in [0.4, 0.5) is 0 Å². The number of hydrogen-bond acceptors (Lipinski definition) is 2. The van der Waals surface area contributed by atoms with Crippen LogP contribution in [0.25, 0.3) is 0 Å². The highest BCUT2D eigenvalue weighted by atomic mass is 16.5. The van der Waals surface area contributed by atoms with Crippen LogP contribution in [0.15, 0.2) is 12.7 Å². The molecule has 2 rings (SSSR count). The second-order valence-corrected chi connectivity index (χ2v) is 8.91. The Bertz CT molecular complexity index is 416. The highest BCUT2D eigenvalue weighted by Gasteiger charge is 2.44. The smallest absolute Gasteiger partial charge is 0.330 e. The van der Waals surface area contributed by atoms with Crippen LogP contribution >= 0.6 is 0 Å². The number of ether oxygens (including phenoxy) is 1. The normalized spacial score (nSPS) is 32.0. The molecule has 2 saturated carbocycles. The summed E-state index contributed by atoms with van der Waals surface area (Å²) in [6.45, 7) is 10.6. The minimum Gasteiger partial charge on any atom is -0.459 e. The lowest BCUT2D eigenvalue weighted by Crippen LogP contribution is -2.42. The summed E-state index contributed by atoms with van der Waals surface area (Å²) in [5, 5.41) is 0. The third-order valence-electron chi connectivity index (χ3n) is 6.52. The van der Waals surface area contributed by atoms with E-state index in [1.807, 2.05) is 0 Å². The van der Waals surface area contributed by atoms with Gasteiger partial charge in [0, 0.05) is 6.08 Å². The zero-order valence-electron chi connectivity index (χ0n) is 16.2. The summed E-state index contributed by atoms with van der Waals surface area (Å²) in [5.74, 6) is 1.61. The molecule has 2 aliphatic rings. The molecule has 2 bridgehead atoms. The van der Waals surface area contributed by atoms with Gasteiger partial charge in [-0.2, -0.15) is 0 Å². The van der Waals surface area contributed by atoms with Gasteiger partial charge in [0.05, 0.1) is 0 Å². The monoisotopic (exact) mass is 334 g/mol. The molecule has 5 unspecified atom stereocenters. The summed E-state index contributed by atoms with van der Waals surface area (Å²) in [5.41, 5.74) is 0.479. The lowest BCUT2D eigenvalue weighted by atomic mass is 9.58. The van der Waals surface area contributed by atoms with Gasteiger partial charge in [-0.3, -0.25) is 0 Å². The lowest BCUT2D eigenvalue weighted by Gasteiger charge is -2.49. The molecule has 0 radical (unpaired) electrons. The highest BCUT2D eigenvalue weighted by molar-refractivity contribution is 5.81. The summed E-state index contributed by atoms with van der Waals surface area (Å²) in [6.07, 6.45) is 15.7. The van der Waals surface area contributed by atoms with Crippen LogP contribution in [0, 0.1) is 23.2 Å². The van der Waals surface area contributed by atoms with Gasteiger partial charge in [0.15, 0.2) is 0 Å². The Morgan fingerprint density at radius 2 is 2.12 bits per heavy atom. The Kier molecular flexibility index (Phi) is 7.37. The van der Waals surface area contributed by atoms with Gasteiger partial charge in [0.25, 0.3) is 0 Å². The van der Waals surface area contributed by atoms with E-state index in [1.54, 1.807) is 0 Å². The maximum Gasteiger partial charge on any atom is 0.330 e. The van der Waals surface area contributed by atoms with Gasteiger partial charge in [0.1, 0.15) is 6.10 Å². The third kappa shape index (κ3) is 5.36. The standard InChI is InChI=1S/C22H38O2/c1-5-7-8-9-11-17(3)21(24-20(23)6-2)19-14-18-12-10-13-22(4,15-18)16-19/h6,17-19,21H,2,5,7-16H2,1,3-4H3. The van der Waals surface area contributed by atoms with Crippen molar-refractivity contribution in [2.45, 2.75) is 97.5 Å². The lowest BCUT2D eigenvalue weighted by molar-refractivity contribution is -0.153. The van der Waals surface area contributed by atoms with Crippen molar-refractivity contribution in [3.05, 3.63) is 12.7 Å². The number of fused-ring (bicyclic) bond motifs is 2. The maximum atomic E-state index is 11.9. The third-order valence-corrected chi connectivity index (χ3v) is 6.52. The van der Waals surface area contributed by atoms with Crippen molar-refractivity contribution in [2.75, 3.05) is 0 Å². The van der Waals surface area contributed by atoms with Gasteiger partial charge in [-0.15, -0.1) is 0 Å². The quantitative estimate of drug-likeness (QED) is 0.281. The highest BCUT2D eigenvalue weighted by Crippen LogP contribution is 2.52. The summed E-state index contributed by atoms with van der Waals surface area (Å²) in [6, 6.07) is 0. The summed E-state index contributed by atoms with van der Waals surface area (Å²) >= 11 is 0. The molecule has 0 aromatic carbocycles. The molecule has 24 heavy (non-hydrogen) atoms. The van der Waals surface area contributed by atoms with E-state index in [-0.39, 0.29) is 12.1 Å². The van der Waals surface area contributed by atoms with Gasteiger partial charge in [-0.25, -0.2) is 4.79 Å². The maximum absolute atomic E-state index is 11.9. The Morgan fingerprint density at radius 1 is 1.33 bits per heavy atom. The second-order valence-electron chi connectivity index (χ2n) is 8.91. The molecule has 138 valence electrons. The number of carbonyl (C=O) groups is 1. The molecular formula is C22H38O2.